The smallest absolute Gasteiger partial charge is 0.270 e. The first-order valence-electron chi connectivity index (χ1n) is 11.5. The maximum absolute atomic E-state index is 13.4. The number of fused-ring (bicyclic) bond motifs is 1. The van der Waals surface area contributed by atoms with E-state index in [0.717, 1.165) is 20.8 Å². The average Bonchev–Trinajstić information content (AvgIpc) is 2.90. The van der Waals surface area contributed by atoms with E-state index in [4.69, 9.17) is 21.7 Å². The first kappa shape index (κ1) is 26.1. The molecule has 0 saturated carbocycles. The zero-order chi connectivity index (χ0) is 26.8. The standard InChI is InChI=1S/C29H20Br2N2O4S/c1-36-25-14-17(12-23-27(34)32-29(38)33(28(23)35)21-10-5-9-20(30)15-21)13-24(31)26(25)37-16-19-8-4-7-18-6-2-3-11-22(18)19/h2-15H,16H2,1H3,(H,32,34,38)/b23-12-. The number of ether oxygens (including phenoxy) is 2. The lowest BCUT2D eigenvalue weighted by Gasteiger charge is -2.29. The van der Waals surface area contributed by atoms with Gasteiger partial charge in [-0.05, 0) is 86.5 Å². The molecule has 0 spiro atoms. The molecule has 9 heteroatoms. The van der Waals surface area contributed by atoms with E-state index in [-0.39, 0.29) is 10.7 Å². The van der Waals surface area contributed by atoms with Crippen molar-refractivity contribution in [2.24, 2.45) is 0 Å². The van der Waals surface area contributed by atoms with Crippen LogP contribution in [0.15, 0.2) is 93.4 Å². The van der Waals surface area contributed by atoms with Crippen molar-refractivity contribution in [1.82, 2.24) is 5.32 Å². The monoisotopic (exact) mass is 650 g/mol. The van der Waals surface area contributed by atoms with Crippen molar-refractivity contribution >= 4 is 83.5 Å². The molecule has 1 saturated heterocycles. The molecule has 1 aliphatic heterocycles. The zero-order valence-corrected chi connectivity index (χ0v) is 24.0. The second-order valence-electron chi connectivity index (χ2n) is 8.40. The summed E-state index contributed by atoms with van der Waals surface area (Å²) in [5.74, 6) is -0.130. The van der Waals surface area contributed by atoms with Gasteiger partial charge in [-0.25, -0.2) is 0 Å². The van der Waals surface area contributed by atoms with Gasteiger partial charge in [0.25, 0.3) is 11.8 Å². The van der Waals surface area contributed by atoms with E-state index < -0.39 is 11.8 Å². The van der Waals surface area contributed by atoms with E-state index >= 15 is 0 Å². The van der Waals surface area contributed by atoms with E-state index in [0.29, 0.717) is 33.8 Å². The van der Waals surface area contributed by atoms with Crippen molar-refractivity contribution in [2.75, 3.05) is 12.0 Å². The van der Waals surface area contributed by atoms with Crippen LogP contribution in [0.3, 0.4) is 0 Å². The molecular formula is C29H20Br2N2O4S. The predicted octanol–water partition coefficient (Wildman–Crippen LogP) is 6.78. The van der Waals surface area contributed by atoms with Gasteiger partial charge < -0.3 is 9.47 Å². The van der Waals surface area contributed by atoms with Gasteiger partial charge in [-0.15, -0.1) is 0 Å². The molecular weight excluding hydrogens is 632 g/mol. The predicted molar refractivity (Wildman–Crippen MR) is 159 cm³/mol. The van der Waals surface area contributed by atoms with Crippen LogP contribution in [0.2, 0.25) is 0 Å². The summed E-state index contributed by atoms with van der Waals surface area (Å²) in [4.78, 5) is 27.4. The summed E-state index contributed by atoms with van der Waals surface area (Å²) in [5.41, 5.74) is 2.09. The second-order valence-corrected chi connectivity index (χ2v) is 10.6. The molecule has 190 valence electrons. The number of methoxy groups -OCH3 is 1. The number of anilines is 1. The molecule has 1 heterocycles. The van der Waals surface area contributed by atoms with Crippen molar-refractivity contribution in [1.29, 1.82) is 0 Å². The third-order valence-corrected chi connectivity index (χ3v) is 7.35. The number of halogens is 2. The fourth-order valence-corrected chi connectivity index (χ4v) is 5.45. The Morgan fingerprint density at radius 2 is 1.74 bits per heavy atom. The van der Waals surface area contributed by atoms with Crippen molar-refractivity contribution in [3.63, 3.8) is 0 Å². The molecule has 5 rings (SSSR count). The highest BCUT2D eigenvalue weighted by Crippen LogP contribution is 2.38. The van der Waals surface area contributed by atoms with Gasteiger partial charge >= 0.3 is 0 Å². The molecule has 0 unspecified atom stereocenters. The van der Waals surface area contributed by atoms with E-state index in [2.05, 4.69) is 55.4 Å². The highest BCUT2D eigenvalue weighted by molar-refractivity contribution is 9.10. The summed E-state index contributed by atoms with van der Waals surface area (Å²) in [6.07, 6.45) is 1.51. The molecule has 6 nitrogen and oxygen atoms in total. The van der Waals surface area contributed by atoms with Crippen LogP contribution in [-0.2, 0) is 16.2 Å². The summed E-state index contributed by atoms with van der Waals surface area (Å²) in [7, 11) is 1.54. The lowest BCUT2D eigenvalue weighted by molar-refractivity contribution is -0.122. The van der Waals surface area contributed by atoms with Gasteiger partial charge in [-0.2, -0.15) is 0 Å². The Bertz CT molecular complexity index is 1630. The molecule has 0 aromatic heterocycles. The quantitative estimate of drug-likeness (QED) is 0.141. The van der Waals surface area contributed by atoms with Gasteiger partial charge in [0.05, 0.1) is 17.3 Å². The third-order valence-electron chi connectivity index (χ3n) is 5.98. The summed E-state index contributed by atoms with van der Waals surface area (Å²) >= 11 is 12.3. The summed E-state index contributed by atoms with van der Waals surface area (Å²) in [5, 5.41) is 4.87. The highest BCUT2D eigenvalue weighted by atomic mass is 79.9. The van der Waals surface area contributed by atoms with Gasteiger partial charge in [0.1, 0.15) is 12.2 Å². The summed E-state index contributed by atoms with van der Waals surface area (Å²) in [6, 6.07) is 24.8. The minimum absolute atomic E-state index is 0.0196. The van der Waals surface area contributed by atoms with Crippen molar-refractivity contribution in [3.05, 3.63) is 105 Å². The van der Waals surface area contributed by atoms with Crippen LogP contribution in [-0.4, -0.2) is 24.0 Å². The molecule has 38 heavy (non-hydrogen) atoms. The summed E-state index contributed by atoms with van der Waals surface area (Å²) < 4.78 is 13.2. The van der Waals surface area contributed by atoms with E-state index in [9.17, 15) is 9.59 Å². The lowest BCUT2D eigenvalue weighted by Crippen LogP contribution is -2.54. The fraction of sp³-hybridized carbons (Fsp3) is 0.0690. The van der Waals surface area contributed by atoms with E-state index in [1.165, 1.54) is 18.1 Å². The van der Waals surface area contributed by atoms with Gasteiger partial charge in [0.15, 0.2) is 16.6 Å². The van der Waals surface area contributed by atoms with Crippen LogP contribution in [0.4, 0.5) is 5.69 Å². The minimum atomic E-state index is -0.572. The minimum Gasteiger partial charge on any atom is -0.493 e. The van der Waals surface area contributed by atoms with Gasteiger partial charge in [-0.1, -0.05) is 64.5 Å². The number of hydrogen-bond acceptors (Lipinski definition) is 5. The Labute approximate surface area is 241 Å². The molecule has 1 fully saturated rings. The Morgan fingerprint density at radius 1 is 0.974 bits per heavy atom. The first-order chi connectivity index (χ1) is 18.4. The molecule has 1 aliphatic rings. The number of rotatable bonds is 6. The van der Waals surface area contributed by atoms with E-state index in [1.54, 1.807) is 30.3 Å². The third kappa shape index (κ3) is 5.22. The number of thiocarbonyl (C=S) groups is 1. The topological polar surface area (TPSA) is 67.9 Å². The van der Waals surface area contributed by atoms with Crippen molar-refractivity contribution in [2.45, 2.75) is 6.61 Å². The van der Waals surface area contributed by atoms with Crippen molar-refractivity contribution in [3.8, 4) is 11.5 Å². The normalized spacial score (nSPS) is 14.7. The number of amides is 2. The van der Waals surface area contributed by atoms with Gasteiger partial charge in [0.2, 0.25) is 0 Å². The molecule has 1 N–H and O–H groups in total. The molecule has 2 amide bonds. The van der Waals surface area contributed by atoms with Crippen LogP contribution >= 0.6 is 44.1 Å². The Balaban J connectivity index is 1.45. The molecule has 0 aliphatic carbocycles. The first-order valence-corrected chi connectivity index (χ1v) is 13.5. The Kier molecular flexibility index (Phi) is 7.60. The molecule has 4 aromatic carbocycles. The van der Waals surface area contributed by atoms with Gasteiger partial charge in [-0.3, -0.25) is 19.8 Å². The SMILES string of the molecule is COc1cc(/C=C2/C(=O)NC(=S)N(c3cccc(Br)c3)C2=O)cc(Br)c1OCc1cccc2ccccc12. The van der Waals surface area contributed by atoms with E-state index in [1.807, 2.05) is 30.3 Å². The molecule has 0 bridgehead atoms. The average molecular weight is 652 g/mol. The second kappa shape index (κ2) is 11.1. The zero-order valence-electron chi connectivity index (χ0n) is 20.0. The summed E-state index contributed by atoms with van der Waals surface area (Å²) in [6.45, 7) is 0.330. The Morgan fingerprint density at radius 3 is 2.53 bits per heavy atom. The fourth-order valence-electron chi connectivity index (χ4n) is 4.21. The number of hydrogen-bond donors (Lipinski definition) is 1. The van der Waals surface area contributed by atoms with Crippen LogP contribution in [0, 0.1) is 0 Å². The largest absolute Gasteiger partial charge is 0.493 e. The van der Waals surface area contributed by atoms with Crippen LogP contribution < -0.4 is 19.7 Å². The number of carbonyl (C=O) groups is 2. The Hall–Kier alpha value is -3.53. The van der Waals surface area contributed by atoms with Crippen LogP contribution in [0.5, 0.6) is 11.5 Å². The maximum Gasteiger partial charge on any atom is 0.270 e. The number of benzene rings is 4. The maximum atomic E-state index is 13.4. The highest BCUT2D eigenvalue weighted by Gasteiger charge is 2.34. The molecule has 4 aromatic rings. The molecule has 0 radical (unpaired) electrons. The van der Waals surface area contributed by atoms with Crippen molar-refractivity contribution < 1.29 is 19.1 Å². The number of nitrogens with zero attached hydrogens (tertiary/aromatic N) is 1. The van der Waals surface area contributed by atoms with Gasteiger partial charge in [0, 0.05) is 4.47 Å². The van der Waals surface area contributed by atoms with Crippen LogP contribution in [0.25, 0.3) is 16.8 Å². The number of nitrogens with one attached hydrogen (secondary N) is 1. The molecule has 0 atom stereocenters. The van der Waals surface area contributed by atoms with Crippen LogP contribution in [0.1, 0.15) is 11.1 Å². The number of carbonyl (C=O) groups excluding carboxylic acids is 2. The lowest BCUT2D eigenvalue weighted by atomic mass is 10.1.